The highest BCUT2D eigenvalue weighted by Gasteiger charge is 2.26. The Kier molecular flexibility index (Phi) is 4.45. The van der Waals surface area contributed by atoms with Gasteiger partial charge in [0.1, 0.15) is 0 Å². The van der Waals surface area contributed by atoms with Crippen LogP contribution in [-0.2, 0) is 6.42 Å². The van der Waals surface area contributed by atoms with E-state index < -0.39 is 0 Å². The topological polar surface area (TPSA) is 12.0 Å². The van der Waals surface area contributed by atoms with Crippen LogP contribution in [0, 0.1) is 5.92 Å². The molecule has 2 unspecified atom stereocenters. The zero-order chi connectivity index (χ0) is 13.1. The molecule has 1 aliphatic carbocycles. The predicted molar refractivity (Wildman–Crippen MR) is 79.3 cm³/mol. The standard InChI is InChI=1S/C17H27N/c1-12(2)15-8-7-14-6-5-13(3)16(9-10-18-4)17(14)11-15/h7-8,11-13,16,18H,5-6,9-10H2,1-4H3. The van der Waals surface area contributed by atoms with Crippen molar-refractivity contribution in [1.29, 1.82) is 0 Å². The van der Waals surface area contributed by atoms with E-state index in [0.29, 0.717) is 5.92 Å². The maximum Gasteiger partial charge on any atom is -0.00460 e. The van der Waals surface area contributed by atoms with Gasteiger partial charge in [0.05, 0.1) is 0 Å². The van der Waals surface area contributed by atoms with Gasteiger partial charge in [-0.2, -0.15) is 0 Å². The highest BCUT2D eigenvalue weighted by molar-refractivity contribution is 5.38. The molecule has 18 heavy (non-hydrogen) atoms. The number of rotatable bonds is 4. The van der Waals surface area contributed by atoms with Crippen LogP contribution in [0.4, 0.5) is 0 Å². The summed E-state index contributed by atoms with van der Waals surface area (Å²) in [4.78, 5) is 0. The van der Waals surface area contributed by atoms with Gasteiger partial charge in [-0.3, -0.25) is 0 Å². The average molecular weight is 245 g/mol. The minimum Gasteiger partial charge on any atom is -0.320 e. The number of nitrogens with one attached hydrogen (secondary N) is 1. The third kappa shape index (κ3) is 2.77. The van der Waals surface area contributed by atoms with E-state index in [4.69, 9.17) is 0 Å². The summed E-state index contributed by atoms with van der Waals surface area (Å²) in [5.74, 6) is 2.21. The van der Waals surface area contributed by atoms with Crippen LogP contribution in [-0.4, -0.2) is 13.6 Å². The summed E-state index contributed by atoms with van der Waals surface area (Å²) in [6.07, 6.45) is 3.89. The number of benzene rings is 1. The van der Waals surface area contributed by atoms with Gasteiger partial charge in [0.2, 0.25) is 0 Å². The molecule has 0 spiro atoms. The van der Waals surface area contributed by atoms with Gasteiger partial charge in [-0.05, 0) is 67.3 Å². The fraction of sp³-hybridized carbons (Fsp3) is 0.647. The molecule has 0 fully saturated rings. The Hall–Kier alpha value is -0.820. The van der Waals surface area contributed by atoms with Crippen molar-refractivity contribution in [1.82, 2.24) is 5.32 Å². The Labute approximate surface area is 112 Å². The maximum atomic E-state index is 3.30. The molecule has 2 atom stereocenters. The average Bonchev–Trinajstić information content (AvgIpc) is 2.37. The van der Waals surface area contributed by atoms with Crippen molar-refractivity contribution in [2.75, 3.05) is 13.6 Å². The SMILES string of the molecule is CNCCC1c2cc(C(C)C)ccc2CCC1C. The molecule has 1 aliphatic rings. The van der Waals surface area contributed by atoms with E-state index in [9.17, 15) is 0 Å². The van der Waals surface area contributed by atoms with Crippen LogP contribution >= 0.6 is 0 Å². The second kappa shape index (κ2) is 5.88. The van der Waals surface area contributed by atoms with Crippen molar-refractivity contribution in [2.24, 2.45) is 5.92 Å². The van der Waals surface area contributed by atoms with Crippen molar-refractivity contribution >= 4 is 0 Å². The van der Waals surface area contributed by atoms with Gasteiger partial charge in [0.15, 0.2) is 0 Å². The molecule has 1 nitrogen and oxygen atoms in total. The molecule has 0 saturated carbocycles. The van der Waals surface area contributed by atoms with Crippen LogP contribution in [0.3, 0.4) is 0 Å². The lowest BCUT2D eigenvalue weighted by Gasteiger charge is -2.32. The van der Waals surface area contributed by atoms with Gasteiger partial charge in [-0.15, -0.1) is 0 Å². The predicted octanol–water partition coefficient (Wildman–Crippen LogP) is 4.09. The van der Waals surface area contributed by atoms with Crippen LogP contribution in [0.2, 0.25) is 0 Å². The number of fused-ring (bicyclic) bond motifs is 1. The highest BCUT2D eigenvalue weighted by Crippen LogP contribution is 2.39. The highest BCUT2D eigenvalue weighted by atomic mass is 14.8. The molecule has 0 aliphatic heterocycles. The van der Waals surface area contributed by atoms with Gasteiger partial charge in [-0.1, -0.05) is 39.0 Å². The molecule has 1 aromatic rings. The van der Waals surface area contributed by atoms with Crippen molar-refractivity contribution < 1.29 is 0 Å². The maximum absolute atomic E-state index is 3.30. The molecule has 0 heterocycles. The summed E-state index contributed by atoms with van der Waals surface area (Å²) < 4.78 is 0. The summed E-state index contributed by atoms with van der Waals surface area (Å²) in [5, 5.41) is 3.30. The smallest absolute Gasteiger partial charge is 0.00460 e. The molecule has 0 aromatic heterocycles. The molecule has 0 bridgehead atoms. The van der Waals surface area contributed by atoms with E-state index in [1.165, 1.54) is 24.8 Å². The van der Waals surface area contributed by atoms with Crippen LogP contribution in [0.25, 0.3) is 0 Å². The van der Waals surface area contributed by atoms with Crippen LogP contribution < -0.4 is 5.32 Å². The van der Waals surface area contributed by atoms with E-state index in [-0.39, 0.29) is 0 Å². The first-order chi connectivity index (χ1) is 8.63. The zero-order valence-electron chi connectivity index (χ0n) is 12.3. The van der Waals surface area contributed by atoms with Crippen molar-refractivity contribution in [3.63, 3.8) is 0 Å². The van der Waals surface area contributed by atoms with Crippen LogP contribution in [0.5, 0.6) is 0 Å². The minimum absolute atomic E-state index is 0.637. The van der Waals surface area contributed by atoms with Crippen molar-refractivity contribution in [3.05, 3.63) is 34.9 Å². The Bertz CT molecular complexity index is 395. The zero-order valence-corrected chi connectivity index (χ0v) is 12.3. The molecule has 2 rings (SSSR count). The van der Waals surface area contributed by atoms with E-state index in [2.05, 4.69) is 51.3 Å². The minimum atomic E-state index is 0.637. The lowest BCUT2D eigenvalue weighted by Crippen LogP contribution is -2.22. The monoisotopic (exact) mass is 245 g/mol. The molecule has 100 valence electrons. The molecule has 1 aromatic carbocycles. The summed E-state index contributed by atoms with van der Waals surface area (Å²) in [5.41, 5.74) is 4.73. The quantitative estimate of drug-likeness (QED) is 0.842. The largest absolute Gasteiger partial charge is 0.320 e. The summed E-state index contributed by atoms with van der Waals surface area (Å²) >= 11 is 0. The fourth-order valence-electron chi connectivity index (χ4n) is 3.18. The lowest BCUT2D eigenvalue weighted by atomic mass is 9.73. The molecule has 1 N–H and O–H groups in total. The Balaban J connectivity index is 2.30. The summed E-state index contributed by atoms with van der Waals surface area (Å²) in [6, 6.07) is 7.19. The number of aryl methyl sites for hydroxylation is 1. The van der Waals surface area contributed by atoms with E-state index in [1.807, 2.05) is 0 Å². The first-order valence-corrected chi connectivity index (χ1v) is 7.40. The Morgan fingerprint density at radius 3 is 2.78 bits per heavy atom. The van der Waals surface area contributed by atoms with E-state index in [0.717, 1.165) is 18.4 Å². The van der Waals surface area contributed by atoms with E-state index in [1.54, 1.807) is 11.1 Å². The normalized spacial score (nSPS) is 23.2. The molecule has 0 radical (unpaired) electrons. The van der Waals surface area contributed by atoms with Crippen molar-refractivity contribution in [2.45, 2.75) is 51.9 Å². The first-order valence-electron chi connectivity index (χ1n) is 7.40. The Morgan fingerprint density at radius 2 is 2.11 bits per heavy atom. The molecule has 1 heteroatoms. The molecular formula is C17H27N. The molecule has 0 saturated heterocycles. The second-order valence-electron chi connectivity index (χ2n) is 6.13. The van der Waals surface area contributed by atoms with Gasteiger partial charge in [-0.25, -0.2) is 0 Å². The molecule has 0 amide bonds. The Morgan fingerprint density at radius 1 is 1.33 bits per heavy atom. The van der Waals surface area contributed by atoms with Crippen molar-refractivity contribution in [3.8, 4) is 0 Å². The molecular weight excluding hydrogens is 218 g/mol. The van der Waals surface area contributed by atoms with Gasteiger partial charge < -0.3 is 5.32 Å². The summed E-state index contributed by atoms with van der Waals surface area (Å²) in [6.45, 7) is 8.12. The second-order valence-corrected chi connectivity index (χ2v) is 6.13. The van der Waals surface area contributed by atoms with E-state index >= 15 is 0 Å². The fourth-order valence-corrected chi connectivity index (χ4v) is 3.18. The third-order valence-electron chi connectivity index (χ3n) is 4.50. The van der Waals surface area contributed by atoms with Crippen LogP contribution in [0.15, 0.2) is 18.2 Å². The van der Waals surface area contributed by atoms with Gasteiger partial charge in [0.25, 0.3) is 0 Å². The number of hydrogen-bond donors (Lipinski definition) is 1. The van der Waals surface area contributed by atoms with Crippen LogP contribution in [0.1, 0.15) is 62.1 Å². The van der Waals surface area contributed by atoms with Gasteiger partial charge in [0, 0.05) is 0 Å². The summed E-state index contributed by atoms with van der Waals surface area (Å²) in [7, 11) is 2.05. The third-order valence-corrected chi connectivity index (χ3v) is 4.50. The number of hydrogen-bond acceptors (Lipinski definition) is 1. The van der Waals surface area contributed by atoms with Gasteiger partial charge >= 0.3 is 0 Å². The lowest BCUT2D eigenvalue weighted by molar-refractivity contribution is 0.380. The first kappa shape index (κ1) is 13.6.